The van der Waals surface area contributed by atoms with Gasteiger partial charge in [0.1, 0.15) is 16.4 Å². The second kappa shape index (κ2) is 9.21. The fraction of sp³-hybridized carbons (Fsp3) is 0.238. The number of hydrogen-bond acceptors (Lipinski definition) is 9. The average molecular weight is 488 g/mol. The number of morpholine rings is 1. The minimum Gasteiger partial charge on any atom is -0.507 e. The van der Waals surface area contributed by atoms with E-state index < -0.39 is 26.4 Å². The van der Waals surface area contributed by atoms with E-state index in [0.29, 0.717) is 5.75 Å². The quantitative estimate of drug-likeness (QED) is 0.297. The largest absolute Gasteiger partial charge is 0.507 e. The monoisotopic (exact) mass is 488 g/mol. The van der Waals surface area contributed by atoms with Gasteiger partial charge in [0.15, 0.2) is 5.78 Å². The van der Waals surface area contributed by atoms with Gasteiger partial charge in [-0.3, -0.25) is 14.9 Å². The molecular weight excluding hydrogens is 468 g/mol. The van der Waals surface area contributed by atoms with E-state index in [1.54, 1.807) is 0 Å². The minimum absolute atomic E-state index is 0.0243. The van der Waals surface area contributed by atoms with Crippen molar-refractivity contribution in [2.24, 2.45) is 0 Å². The molecule has 1 aromatic heterocycles. The molecule has 12 nitrogen and oxygen atoms in total. The third-order valence-corrected chi connectivity index (χ3v) is 7.21. The number of nitrogens with zero attached hydrogens (tertiary/aromatic N) is 4. The summed E-state index contributed by atoms with van der Waals surface area (Å²) in [4.78, 5) is 23.3. The summed E-state index contributed by atoms with van der Waals surface area (Å²) in [6.45, 7) is 0.604. The fourth-order valence-electron chi connectivity index (χ4n) is 3.49. The maximum absolute atomic E-state index is 13.3. The predicted octanol–water partition coefficient (Wildman–Crippen LogP) is 1.75. The highest BCUT2D eigenvalue weighted by Gasteiger charge is 2.31. The van der Waals surface area contributed by atoms with Gasteiger partial charge in [0.2, 0.25) is 10.0 Å². The topological polar surface area (TPSA) is 154 Å². The van der Waals surface area contributed by atoms with Crippen LogP contribution in [-0.4, -0.2) is 71.7 Å². The minimum atomic E-state index is -4.13. The fourth-order valence-corrected chi connectivity index (χ4v) is 5.09. The van der Waals surface area contributed by atoms with E-state index in [1.807, 2.05) is 0 Å². The second-order valence-electron chi connectivity index (χ2n) is 7.31. The highest BCUT2D eigenvalue weighted by Crippen LogP contribution is 2.30. The number of hydrogen-bond donors (Lipinski definition) is 1. The van der Waals surface area contributed by atoms with E-state index in [1.165, 1.54) is 48.1 Å². The number of nitro groups is 1. The third kappa shape index (κ3) is 4.35. The Bertz CT molecular complexity index is 1360. The lowest BCUT2D eigenvalue weighted by Crippen LogP contribution is -2.41. The maximum Gasteiger partial charge on any atom is 0.270 e. The van der Waals surface area contributed by atoms with Gasteiger partial charge in [-0.05, 0) is 24.3 Å². The van der Waals surface area contributed by atoms with Gasteiger partial charge in [-0.2, -0.15) is 9.40 Å². The lowest BCUT2D eigenvalue weighted by atomic mass is 10.1. The van der Waals surface area contributed by atoms with Crippen LogP contribution in [0.1, 0.15) is 15.9 Å². The van der Waals surface area contributed by atoms with Gasteiger partial charge in [0.25, 0.3) is 5.69 Å². The summed E-state index contributed by atoms with van der Waals surface area (Å²) in [5.74, 6) is -0.464. The Labute approximate surface area is 194 Å². The SMILES string of the molecule is COc1ccc(O)c(C(=O)c2cnn(-c3ccc([N+](=O)[O-])cc3S(=O)(=O)N3CCOCC3)c2)c1. The first-order valence-electron chi connectivity index (χ1n) is 10.1. The molecular formula is C21H20N4O8S. The van der Waals surface area contributed by atoms with E-state index in [9.17, 15) is 28.4 Å². The zero-order valence-electron chi connectivity index (χ0n) is 17.9. The van der Waals surface area contributed by atoms with Crippen molar-refractivity contribution >= 4 is 21.5 Å². The Kier molecular flexibility index (Phi) is 6.32. The first-order valence-corrected chi connectivity index (χ1v) is 11.5. The van der Waals surface area contributed by atoms with Crippen molar-refractivity contribution in [3.05, 3.63) is 70.0 Å². The molecule has 0 aliphatic carbocycles. The molecule has 13 heteroatoms. The van der Waals surface area contributed by atoms with E-state index in [2.05, 4.69) is 5.10 Å². The van der Waals surface area contributed by atoms with Crippen LogP contribution < -0.4 is 4.74 Å². The number of rotatable bonds is 7. The van der Waals surface area contributed by atoms with Gasteiger partial charge in [-0.15, -0.1) is 0 Å². The highest BCUT2D eigenvalue weighted by atomic mass is 32.2. The first-order chi connectivity index (χ1) is 16.2. The highest BCUT2D eigenvalue weighted by molar-refractivity contribution is 7.89. The molecule has 1 aliphatic heterocycles. The zero-order valence-corrected chi connectivity index (χ0v) is 18.8. The Morgan fingerprint density at radius 2 is 1.94 bits per heavy atom. The second-order valence-corrected chi connectivity index (χ2v) is 9.22. The lowest BCUT2D eigenvalue weighted by molar-refractivity contribution is -0.385. The van der Waals surface area contributed by atoms with E-state index in [-0.39, 0.29) is 53.8 Å². The van der Waals surface area contributed by atoms with Crippen molar-refractivity contribution in [1.29, 1.82) is 0 Å². The smallest absolute Gasteiger partial charge is 0.270 e. The molecule has 1 aliphatic rings. The molecule has 4 rings (SSSR count). The van der Waals surface area contributed by atoms with E-state index in [4.69, 9.17) is 9.47 Å². The molecule has 2 heterocycles. The number of aromatic hydroxyl groups is 1. The average Bonchev–Trinajstić information content (AvgIpc) is 3.34. The molecule has 0 radical (unpaired) electrons. The molecule has 3 aromatic rings. The molecule has 2 aromatic carbocycles. The predicted molar refractivity (Wildman–Crippen MR) is 118 cm³/mol. The number of ether oxygens (including phenoxy) is 2. The summed E-state index contributed by atoms with van der Waals surface area (Å²) in [7, 11) is -2.71. The van der Waals surface area contributed by atoms with Crippen molar-refractivity contribution in [3.8, 4) is 17.2 Å². The van der Waals surface area contributed by atoms with Gasteiger partial charge < -0.3 is 14.6 Å². The standard InChI is InChI=1S/C21H20N4O8S/c1-32-16-3-5-19(26)17(11-16)21(27)14-12-22-24(13-14)18-4-2-15(25(28)29)10-20(18)34(30,31)23-6-8-33-9-7-23/h2-5,10-13,26H,6-9H2,1H3. The van der Waals surface area contributed by atoms with Crippen LogP contribution in [0, 0.1) is 10.1 Å². The van der Waals surface area contributed by atoms with Crippen LogP contribution in [0.25, 0.3) is 5.69 Å². The first kappa shape index (κ1) is 23.4. The van der Waals surface area contributed by atoms with Crippen LogP contribution in [0.4, 0.5) is 5.69 Å². The van der Waals surface area contributed by atoms with Gasteiger partial charge in [0, 0.05) is 31.4 Å². The Balaban J connectivity index is 1.77. The number of methoxy groups -OCH3 is 1. The van der Waals surface area contributed by atoms with Gasteiger partial charge in [-0.1, -0.05) is 0 Å². The normalized spacial score (nSPS) is 14.6. The van der Waals surface area contributed by atoms with E-state index in [0.717, 1.165) is 16.8 Å². The molecule has 178 valence electrons. The van der Waals surface area contributed by atoms with Crippen LogP contribution in [0.15, 0.2) is 53.7 Å². The number of phenolic OH excluding ortho intramolecular Hbond substituents is 1. The van der Waals surface area contributed by atoms with Gasteiger partial charge in [0.05, 0.1) is 48.3 Å². The van der Waals surface area contributed by atoms with Crippen LogP contribution in [0.3, 0.4) is 0 Å². The molecule has 0 amide bonds. The van der Waals surface area contributed by atoms with Crippen LogP contribution >= 0.6 is 0 Å². The number of aromatic nitrogens is 2. The molecule has 0 bridgehead atoms. The molecule has 1 N–H and O–H groups in total. The van der Waals surface area contributed by atoms with Crippen LogP contribution in [0.5, 0.6) is 11.5 Å². The Morgan fingerprint density at radius 1 is 1.21 bits per heavy atom. The maximum atomic E-state index is 13.3. The summed E-state index contributed by atoms with van der Waals surface area (Å²) in [6.07, 6.45) is 2.51. The van der Waals surface area contributed by atoms with Crippen LogP contribution in [0.2, 0.25) is 0 Å². The van der Waals surface area contributed by atoms with Crippen molar-refractivity contribution in [1.82, 2.24) is 14.1 Å². The lowest BCUT2D eigenvalue weighted by Gasteiger charge is -2.26. The number of nitro benzene ring substituents is 1. The number of ketones is 1. The summed E-state index contributed by atoms with van der Waals surface area (Å²) in [5.41, 5.74) is -0.327. The van der Waals surface area contributed by atoms with Gasteiger partial charge >= 0.3 is 0 Å². The molecule has 1 fully saturated rings. The summed E-state index contributed by atoms with van der Waals surface area (Å²) in [5, 5.41) is 25.5. The summed E-state index contributed by atoms with van der Waals surface area (Å²) in [6, 6.07) is 7.57. The number of phenols is 1. The van der Waals surface area contributed by atoms with Crippen molar-refractivity contribution in [2.75, 3.05) is 33.4 Å². The molecule has 0 unspecified atom stereocenters. The Hall–Kier alpha value is -3.81. The zero-order chi connectivity index (χ0) is 24.5. The van der Waals surface area contributed by atoms with Crippen LogP contribution in [-0.2, 0) is 14.8 Å². The van der Waals surface area contributed by atoms with E-state index >= 15 is 0 Å². The number of carbonyl (C=O) groups is 1. The molecule has 0 spiro atoms. The number of benzene rings is 2. The number of sulfonamides is 1. The third-order valence-electron chi connectivity index (χ3n) is 5.28. The summed E-state index contributed by atoms with van der Waals surface area (Å²) >= 11 is 0. The molecule has 1 saturated heterocycles. The van der Waals surface area contributed by atoms with Crippen molar-refractivity contribution < 1.29 is 32.7 Å². The molecule has 0 atom stereocenters. The van der Waals surface area contributed by atoms with Crippen molar-refractivity contribution in [3.63, 3.8) is 0 Å². The molecule has 0 saturated carbocycles. The number of non-ortho nitro benzene ring substituents is 1. The Morgan fingerprint density at radius 3 is 2.62 bits per heavy atom. The number of carbonyl (C=O) groups excluding carboxylic acids is 1. The molecule has 34 heavy (non-hydrogen) atoms. The summed E-state index contributed by atoms with van der Waals surface area (Å²) < 4.78 is 39.3. The van der Waals surface area contributed by atoms with Gasteiger partial charge in [-0.25, -0.2) is 13.1 Å². The van der Waals surface area contributed by atoms with Crippen molar-refractivity contribution in [2.45, 2.75) is 4.90 Å².